The summed E-state index contributed by atoms with van der Waals surface area (Å²) in [4.78, 5) is 23.0. The second-order valence-corrected chi connectivity index (χ2v) is 4.82. The first kappa shape index (κ1) is 26.4. The highest BCUT2D eigenvalue weighted by atomic mass is 19.3. The van der Waals surface area contributed by atoms with Gasteiger partial charge in [0, 0.05) is 19.6 Å². The zero-order chi connectivity index (χ0) is 23.0. The van der Waals surface area contributed by atoms with E-state index in [1.54, 1.807) is 0 Å². The van der Waals surface area contributed by atoms with Gasteiger partial charge >= 0.3 is 0 Å². The van der Waals surface area contributed by atoms with E-state index in [1.165, 1.54) is 0 Å². The molecule has 2 rings (SSSR count). The average molecular weight is 436 g/mol. The van der Waals surface area contributed by atoms with E-state index in [-0.39, 0.29) is 6.07 Å². The zero-order valence-corrected chi connectivity index (χ0v) is 15.2. The van der Waals surface area contributed by atoms with Gasteiger partial charge < -0.3 is 5.11 Å². The number of aliphatic hydroxyl groups is 1. The molecule has 1 unspecified atom stereocenters. The second kappa shape index (κ2) is 11.4. The predicted molar refractivity (Wildman–Crippen MR) is 85.8 cm³/mol. The van der Waals surface area contributed by atoms with Crippen LogP contribution >= 0.6 is 0 Å². The van der Waals surface area contributed by atoms with E-state index in [9.17, 15) is 44.7 Å². The summed E-state index contributed by atoms with van der Waals surface area (Å²) in [6, 6.07) is -0.190. The maximum Gasteiger partial charge on any atom is 0.296 e. The van der Waals surface area contributed by atoms with Crippen LogP contribution in [0.5, 0.6) is 0 Å². The van der Waals surface area contributed by atoms with Crippen LogP contribution in [-0.2, 0) is 9.59 Å². The van der Waals surface area contributed by atoms with Crippen molar-refractivity contribution >= 4 is 23.1 Å². The monoisotopic (exact) mass is 436 g/mol. The fourth-order valence-corrected chi connectivity index (χ4v) is 2.09. The normalized spacial score (nSPS) is 15.7. The lowest BCUT2D eigenvalue weighted by Gasteiger charge is -2.16. The molecule has 5 nitrogen and oxygen atoms in total. The quantitative estimate of drug-likeness (QED) is 0.566. The summed E-state index contributed by atoms with van der Waals surface area (Å²) in [6.07, 6.45) is -8.55. The Labute approximate surface area is 159 Å². The molecule has 1 amide bonds. The zero-order valence-electron chi connectivity index (χ0n) is 15.2. The van der Waals surface area contributed by atoms with Gasteiger partial charge in [-0.05, 0) is 0 Å². The number of amides is 1. The molecule has 1 atom stereocenters. The van der Waals surface area contributed by atoms with Gasteiger partial charge in [-0.1, -0.05) is 13.8 Å². The van der Waals surface area contributed by atoms with Crippen molar-refractivity contribution < 1.29 is 49.8 Å². The summed E-state index contributed by atoms with van der Waals surface area (Å²) in [7, 11) is 1.00. The lowest BCUT2D eigenvalue weighted by molar-refractivity contribution is -0.132. The van der Waals surface area contributed by atoms with Crippen LogP contribution in [0.15, 0.2) is 11.2 Å². The Morgan fingerprint density at radius 3 is 1.90 bits per heavy atom. The van der Waals surface area contributed by atoms with Gasteiger partial charge in [-0.25, -0.2) is 35.1 Å². The summed E-state index contributed by atoms with van der Waals surface area (Å²) in [5.41, 5.74) is -3.16. The van der Waals surface area contributed by atoms with Crippen molar-refractivity contribution in [2.45, 2.75) is 33.1 Å². The molecule has 29 heavy (non-hydrogen) atoms. The molecule has 1 N–H and O–H groups in total. The molecule has 0 spiro atoms. The van der Waals surface area contributed by atoms with E-state index in [2.05, 4.69) is 5.10 Å². The molecule has 0 fully saturated rings. The second-order valence-electron chi connectivity index (χ2n) is 4.82. The lowest BCUT2D eigenvalue weighted by Crippen LogP contribution is -2.33. The minimum absolute atomic E-state index is 0.190. The molecule has 1 aromatic carbocycles. The molecule has 13 heteroatoms. The van der Waals surface area contributed by atoms with E-state index in [1.807, 2.05) is 13.8 Å². The number of nitrogens with zero attached hydrogens (tertiary/aromatic N) is 2. The molecule has 164 valence electrons. The molecular weight excluding hydrogens is 420 g/mol. The third-order valence-corrected chi connectivity index (χ3v) is 3.25. The molecule has 0 radical (unpaired) electrons. The maximum absolute atomic E-state index is 13.7. The molecule has 0 bridgehead atoms. The van der Waals surface area contributed by atoms with Crippen LogP contribution in [0.2, 0.25) is 0 Å². The molecular formula is C16H16F8N2O3. The van der Waals surface area contributed by atoms with Crippen molar-refractivity contribution in [3.63, 3.8) is 0 Å². The number of alkyl halides is 4. The number of anilines is 1. The Bertz CT molecular complexity index is 745. The first-order valence-corrected chi connectivity index (χ1v) is 7.85. The van der Waals surface area contributed by atoms with Crippen molar-refractivity contribution in [1.82, 2.24) is 0 Å². The van der Waals surface area contributed by atoms with Crippen molar-refractivity contribution in [3.8, 4) is 0 Å². The van der Waals surface area contributed by atoms with Gasteiger partial charge in [-0.2, -0.15) is 10.1 Å². The van der Waals surface area contributed by atoms with Crippen molar-refractivity contribution in [2.75, 3.05) is 12.1 Å². The van der Waals surface area contributed by atoms with Gasteiger partial charge in [0.15, 0.2) is 29.1 Å². The molecule has 1 aliphatic heterocycles. The first-order chi connectivity index (χ1) is 13.6. The Kier molecular flexibility index (Phi) is 10.4. The number of benzene rings is 1. The number of halogens is 8. The number of hydrogen-bond donors (Lipinski definition) is 1. The highest BCUT2D eigenvalue weighted by Crippen LogP contribution is 2.34. The summed E-state index contributed by atoms with van der Waals surface area (Å²) < 4.78 is 104. The maximum atomic E-state index is 13.7. The van der Waals surface area contributed by atoms with E-state index < -0.39 is 76.6 Å². The fourth-order valence-electron chi connectivity index (χ4n) is 2.09. The van der Waals surface area contributed by atoms with Gasteiger partial charge in [-0.15, -0.1) is 0 Å². The molecule has 0 saturated heterocycles. The van der Waals surface area contributed by atoms with Crippen LogP contribution in [0.1, 0.15) is 20.3 Å². The number of aliphatic hydroxyl groups excluding tert-OH is 1. The molecule has 0 aliphatic carbocycles. The van der Waals surface area contributed by atoms with Crippen molar-refractivity contribution in [1.29, 1.82) is 0 Å². The Morgan fingerprint density at radius 2 is 1.52 bits per heavy atom. The summed E-state index contributed by atoms with van der Waals surface area (Å²) in [5, 5.41) is 9.48. The van der Waals surface area contributed by atoms with Crippen LogP contribution in [0.4, 0.5) is 40.8 Å². The van der Waals surface area contributed by atoms with Crippen LogP contribution in [0.25, 0.3) is 0 Å². The SMILES string of the molecule is CC.CO.O=C(CC1C(=O)N(c2c(F)c(F)cc(F)c2F)N=C1C(F)F)C(F)F. The number of carbonyl (C=O) groups excluding carboxylic acids is 2. The largest absolute Gasteiger partial charge is 0.400 e. The number of hydrogen-bond acceptors (Lipinski definition) is 4. The topological polar surface area (TPSA) is 70.0 Å². The van der Waals surface area contributed by atoms with Crippen molar-refractivity contribution in [3.05, 3.63) is 29.3 Å². The Hall–Kier alpha value is -2.57. The highest BCUT2D eigenvalue weighted by molar-refractivity contribution is 6.18. The number of Topliss-reactive ketones (excluding diaryl/α,β-unsaturated/α-hetero) is 1. The molecule has 0 saturated carbocycles. The smallest absolute Gasteiger partial charge is 0.296 e. The van der Waals surface area contributed by atoms with Gasteiger partial charge in [-0.3, -0.25) is 9.59 Å². The van der Waals surface area contributed by atoms with E-state index in [0.29, 0.717) is 0 Å². The minimum atomic E-state index is -3.58. The number of carbonyl (C=O) groups is 2. The van der Waals surface area contributed by atoms with Crippen LogP contribution in [-0.4, -0.2) is 42.5 Å². The summed E-state index contributed by atoms with van der Waals surface area (Å²) in [6.45, 7) is 4.00. The molecule has 1 heterocycles. The average Bonchev–Trinajstić information content (AvgIpc) is 3.00. The van der Waals surface area contributed by atoms with Gasteiger partial charge in [0.25, 0.3) is 18.8 Å². The van der Waals surface area contributed by atoms with Crippen LogP contribution in [0, 0.1) is 29.2 Å². The summed E-state index contributed by atoms with van der Waals surface area (Å²) in [5.74, 6) is -13.9. The van der Waals surface area contributed by atoms with Crippen LogP contribution < -0.4 is 5.01 Å². The molecule has 0 aromatic heterocycles. The number of rotatable bonds is 5. The Balaban J connectivity index is 0.00000184. The van der Waals surface area contributed by atoms with Crippen LogP contribution in [0.3, 0.4) is 0 Å². The molecule has 1 aromatic rings. The molecule has 1 aliphatic rings. The van der Waals surface area contributed by atoms with E-state index in [0.717, 1.165) is 7.11 Å². The number of hydrazone groups is 1. The van der Waals surface area contributed by atoms with Crippen molar-refractivity contribution in [2.24, 2.45) is 11.0 Å². The Morgan fingerprint density at radius 1 is 1.07 bits per heavy atom. The standard InChI is InChI=1S/C13H6F8N2O2.C2H6.CH4O/c14-4-2-5(15)8(17)10(7(4)16)23-13(25)3(1-6(24)11(18)19)9(22-23)12(20)21;2*1-2/h2-3,11-12H,1H2;1-2H3;2H,1H3. The number of ketones is 1. The van der Waals surface area contributed by atoms with Gasteiger partial charge in [0.1, 0.15) is 11.4 Å². The predicted octanol–water partition coefficient (Wildman–Crippen LogP) is 3.69. The third-order valence-electron chi connectivity index (χ3n) is 3.25. The highest BCUT2D eigenvalue weighted by Gasteiger charge is 2.45. The van der Waals surface area contributed by atoms with E-state index >= 15 is 0 Å². The van der Waals surface area contributed by atoms with Gasteiger partial charge in [0.05, 0.1) is 5.92 Å². The lowest BCUT2D eigenvalue weighted by atomic mass is 9.97. The summed E-state index contributed by atoms with van der Waals surface area (Å²) >= 11 is 0. The third kappa shape index (κ3) is 5.71. The van der Waals surface area contributed by atoms with Gasteiger partial charge in [0.2, 0.25) is 0 Å². The van der Waals surface area contributed by atoms with E-state index in [4.69, 9.17) is 5.11 Å². The minimum Gasteiger partial charge on any atom is -0.400 e. The first-order valence-electron chi connectivity index (χ1n) is 7.85. The fraction of sp³-hybridized carbons (Fsp3) is 0.438.